The third-order valence-electron chi connectivity index (χ3n) is 6.00. The molecule has 0 N–H and O–H groups in total. The molecule has 4 bridgehead atoms. The van der Waals surface area contributed by atoms with E-state index >= 15 is 0 Å². The molecule has 2 heteroatoms. The molecule has 4 aliphatic carbocycles. The summed E-state index contributed by atoms with van der Waals surface area (Å²) in [6.45, 7) is 0. The lowest BCUT2D eigenvalue weighted by Crippen LogP contribution is -2.49. The first-order chi connectivity index (χ1) is 10.7. The lowest BCUT2D eigenvalue weighted by atomic mass is 9.48. The highest BCUT2D eigenvalue weighted by Gasteiger charge is 2.53. The zero-order chi connectivity index (χ0) is 15.2. The molecule has 0 amide bonds. The van der Waals surface area contributed by atoms with Crippen molar-refractivity contribution in [2.45, 2.75) is 38.5 Å². The number of benzene rings is 1. The summed E-state index contributed by atoms with van der Waals surface area (Å²) in [5, 5.41) is 8.95. The summed E-state index contributed by atoms with van der Waals surface area (Å²) < 4.78 is 0. The average Bonchev–Trinajstić information content (AvgIpc) is 2.51. The van der Waals surface area contributed by atoms with Gasteiger partial charge in [0.15, 0.2) is 5.78 Å². The van der Waals surface area contributed by atoms with Crippen LogP contribution >= 0.6 is 0 Å². The number of allylic oxidation sites excluding steroid dienone is 1. The second kappa shape index (κ2) is 5.09. The molecule has 2 nitrogen and oxygen atoms in total. The van der Waals surface area contributed by atoms with Crippen molar-refractivity contribution >= 4 is 11.9 Å². The van der Waals surface area contributed by atoms with Gasteiger partial charge in [0.05, 0.1) is 11.6 Å². The largest absolute Gasteiger partial charge is 0.294 e. The molecule has 0 aromatic heterocycles. The molecule has 0 unspecified atom stereocenters. The van der Waals surface area contributed by atoms with Crippen molar-refractivity contribution in [3.8, 4) is 6.07 Å². The second-order valence-corrected chi connectivity index (χ2v) is 7.63. The molecule has 0 atom stereocenters. The van der Waals surface area contributed by atoms with Crippen LogP contribution in [0.4, 0.5) is 0 Å². The maximum Gasteiger partial charge on any atom is 0.161 e. The van der Waals surface area contributed by atoms with Gasteiger partial charge in [-0.15, -0.1) is 0 Å². The Hall–Kier alpha value is -1.88. The molecular formula is C20H21NO. The Balaban J connectivity index is 1.55. The molecule has 0 spiro atoms. The van der Waals surface area contributed by atoms with E-state index in [0.717, 1.165) is 42.6 Å². The van der Waals surface area contributed by atoms with Crippen molar-refractivity contribution in [3.63, 3.8) is 0 Å². The van der Waals surface area contributed by atoms with Gasteiger partial charge in [-0.2, -0.15) is 5.26 Å². The monoisotopic (exact) mass is 291 g/mol. The Labute approximate surface area is 131 Å². The van der Waals surface area contributed by atoms with Crippen LogP contribution in [0, 0.1) is 34.5 Å². The predicted octanol–water partition coefficient (Wildman–Crippen LogP) is 4.36. The van der Waals surface area contributed by atoms with Crippen molar-refractivity contribution in [3.05, 3.63) is 41.5 Å². The third kappa shape index (κ3) is 2.29. The molecule has 4 fully saturated rings. The lowest BCUT2D eigenvalue weighted by molar-refractivity contribution is -0.138. The molecule has 0 saturated heterocycles. The minimum Gasteiger partial charge on any atom is -0.294 e. The van der Waals surface area contributed by atoms with Gasteiger partial charge >= 0.3 is 0 Å². The van der Waals surface area contributed by atoms with E-state index in [2.05, 4.69) is 6.07 Å². The smallest absolute Gasteiger partial charge is 0.161 e. The number of rotatable bonds is 3. The lowest BCUT2D eigenvalue weighted by Gasteiger charge is -2.55. The molecular weight excluding hydrogens is 270 g/mol. The van der Waals surface area contributed by atoms with E-state index < -0.39 is 0 Å². The molecule has 1 aromatic carbocycles. The van der Waals surface area contributed by atoms with E-state index in [0.29, 0.717) is 11.3 Å². The van der Waals surface area contributed by atoms with Crippen molar-refractivity contribution in [1.29, 1.82) is 5.26 Å². The summed E-state index contributed by atoms with van der Waals surface area (Å²) in [7, 11) is 0. The van der Waals surface area contributed by atoms with Gasteiger partial charge in [-0.1, -0.05) is 18.2 Å². The molecule has 4 aliphatic rings. The van der Waals surface area contributed by atoms with Gasteiger partial charge in [0.1, 0.15) is 0 Å². The van der Waals surface area contributed by atoms with Gasteiger partial charge in [0.25, 0.3) is 0 Å². The quantitative estimate of drug-likeness (QED) is 0.776. The van der Waals surface area contributed by atoms with E-state index in [9.17, 15) is 4.79 Å². The summed E-state index contributed by atoms with van der Waals surface area (Å²) in [5.41, 5.74) is 1.53. The SMILES string of the molecule is N#Cc1cccc(/C=C/C(=O)C23CC4CC(CC(C4)C2)C3)c1. The fourth-order valence-electron chi connectivity index (χ4n) is 5.47. The van der Waals surface area contributed by atoms with Crippen LogP contribution in [-0.2, 0) is 4.79 Å². The van der Waals surface area contributed by atoms with Crippen LogP contribution in [0.5, 0.6) is 0 Å². The number of hydrogen-bond acceptors (Lipinski definition) is 2. The average molecular weight is 291 g/mol. The van der Waals surface area contributed by atoms with Gasteiger partial charge in [-0.25, -0.2) is 0 Å². The molecule has 5 rings (SSSR count). The normalized spacial score (nSPS) is 35.7. The summed E-state index contributed by atoms with van der Waals surface area (Å²) in [6.07, 6.45) is 11.1. The minimum atomic E-state index is -0.0575. The fraction of sp³-hybridized carbons (Fsp3) is 0.500. The maximum absolute atomic E-state index is 12.9. The van der Waals surface area contributed by atoms with Gasteiger partial charge in [0.2, 0.25) is 0 Å². The van der Waals surface area contributed by atoms with Gasteiger partial charge in [-0.3, -0.25) is 4.79 Å². The third-order valence-corrected chi connectivity index (χ3v) is 6.00. The highest BCUT2D eigenvalue weighted by Crippen LogP contribution is 2.60. The van der Waals surface area contributed by atoms with Crippen molar-refractivity contribution in [2.75, 3.05) is 0 Å². The standard InChI is InChI=1S/C20H21NO/c21-13-15-3-1-2-14(6-15)4-5-19(22)20-10-16-7-17(11-20)9-18(8-16)12-20/h1-6,16-18H,7-12H2/b5-4+. The number of nitriles is 1. The molecule has 112 valence electrons. The molecule has 22 heavy (non-hydrogen) atoms. The van der Waals surface area contributed by atoms with Crippen molar-refractivity contribution in [2.24, 2.45) is 23.2 Å². The summed E-state index contributed by atoms with van der Waals surface area (Å²) in [5.74, 6) is 2.72. The fourth-order valence-corrected chi connectivity index (χ4v) is 5.47. The predicted molar refractivity (Wildman–Crippen MR) is 85.8 cm³/mol. The number of nitrogens with zero attached hydrogens (tertiary/aromatic N) is 1. The van der Waals surface area contributed by atoms with E-state index in [1.54, 1.807) is 12.1 Å². The van der Waals surface area contributed by atoms with Crippen LogP contribution in [0.1, 0.15) is 49.7 Å². The first-order valence-corrected chi connectivity index (χ1v) is 8.39. The minimum absolute atomic E-state index is 0.0575. The van der Waals surface area contributed by atoms with E-state index in [4.69, 9.17) is 5.26 Å². The second-order valence-electron chi connectivity index (χ2n) is 7.63. The Kier molecular flexibility index (Phi) is 3.18. The van der Waals surface area contributed by atoms with Gasteiger partial charge < -0.3 is 0 Å². The maximum atomic E-state index is 12.9. The van der Waals surface area contributed by atoms with Crippen LogP contribution in [0.3, 0.4) is 0 Å². The molecule has 0 heterocycles. The van der Waals surface area contributed by atoms with Gasteiger partial charge in [0, 0.05) is 5.41 Å². The van der Waals surface area contributed by atoms with E-state index in [1.165, 1.54) is 19.3 Å². The summed E-state index contributed by atoms with van der Waals surface area (Å²) in [6, 6.07) is 9.59. The van der Waals surface area contributed by atoms with E-state index in [1.807, 2.05) is 24.3 Å². The Morgan fingerprint density at radius 1 is 1.14 bits per heavy atom. The summed E-state index contributed by atoms with van der Waals surface area (Å²) in [4.78, 5) is 12.9. The van der Waals surface area contributed by atoms with Gasteiger partial charge in [-0.05, 0) is 80.1 Å². The zero-order valence-electron chi connectivity index (χ0n) is 12.8. The van der Waals surface area contributed by atoms with Crippen LogP contribution in [0.15, 0.2) is 30.3 Å². The molecule has 0 aliphatic heterocycles. The van der Waals surface area contributed by atoms with Crippen LogP contribution < -0.4 is 0 Å². The number of ketones is 1. The number of carbonyl (C=O) groups is 1. The Morgan fingerprint density at radius 2 is 1.77 bits per heavy atom. The zero-order valence-corrected chi connectivity index (χ0v) is 12.8. The van der Waals surface area contributed by atoms with Crippen LogP contribution in [0.25, 0.3) is 6.08 Å². The first-order valence-electron chi connectivity index (χ1n) is 8.39. The van der Waals surface area contributed by atoms with E-state index in [-0.39, 0.29) is 5.41 Å². The van der Waals surface area contributed by atoms with Crippen LogP contribution in [-0.4, -0.2) is 5.78 Å². The highest BCUT2D eigenvalue weighted by molar-refractivity contribution is 5.98. The molecule has 0 radical (unpaired) electrons. The van der Waals surface area contributed by atoms with Crippen molar-refractivity contribution < 1.29 is 4.79 Å². The number of hydrogen-bond donors (Lipinski definition) is 0. The topological polar surface area (TPSA) is 40.9 Å². The molecule has 1 aromatic rings. The van der Waals surface area contributed by atoms with Crippen molar-refractivity contribution in [1.82, 2.24) is 0 Å². The Bertz CT molecular complexity index is 644. The van der Waals surface area contributed by atoms with Crippen LogP contribution in [0.2, 0.25) is 0 Å². The molecule has 4 saturated carbocycles. The Morgan fingerprint density at radius 3 is 2.36 bits per heavy atom. The highest BCUT2D eigenvalue weighted by atomic mass is 16.1. The first kappa shape index (κ1) is 13.8. The number of carbonyl (C=O) groups excluding carboxylic acids is 1. The summed E-state index contributed by atoms with van der Waals surface area (Å²) >= 11 is 0.